The molecule has 3 amide bonds. The quantitative estimate of drug-likeness (QED) is 0.769. The summed E-state index contributed by atoms with van der Waals surface area (Å²) in [7, 11) is 0. The minimum Gasteiger partial charge on any atom is -0.378 e. The number of hydrogen-bond acceptors (Lipinski definition) is 4. The molecule has 2 aromatic carbocycles. The normalized spacial score (nSPS) is 16.1. The Hall–Kier alpha value is -3.19. The number of carbonyl (C=O) groups excluding carboxylic acids is 3. The first kappa shape index (κ1) is 20.1. The van der Waals surface area contributed by atoms with Crippen molar-refractivity contribution in [3.05, 3.63) is 65.2 Å². The van der Waals surface area contributed by atoms with E-state index < -0.39 is 0 Å². The lowest BCUT2D eigenvalue weighted by atomic mass is 10.1. The number of carbonyl (C=O) groups is 3. The van der Waals surface area contributed by atoms with E-state index in [1.165, 1.54) is 0 Å². The Bertz CT molecular complexity index is 914. The molecular weight excluding hydrogens is 382 g/mol. The molecule has 0 aromatic heterocycles. The fourth-order valence-electron chi connectivity index (χ4n) is 3.31. The van der Waals surface area contributed by atoms with Crippen molar-refractivity contribution in [2.45, 2.75) is 25.3 Å². The molecule has 2 aromatic rings. The molecular formula is C23H25N3O4. The number of anilines is 1. The van der Waals surface area contributed by atoms with E-state index in [0.717, 1.165) is 18.4 Å². The summed E-state index contributed by atoms with van der Waals surface area (Å²) in [5.74, 6) is -0.271. The molecule has 2 N–H and O–H groups in total. The lowest BCUT2D eigenvalue weighted by Gasteiger charge is -2.26. The predicted molar refractivity (Wildman–Crippen MR) is 112 cm³/mol. The maximum absolute atomic E-state index is 12.5. The summed E-state index contributed by atoms with van der Waals surface area (Å²) < 4.78 is 5.27. The highest BCUT2D eigenvalue weighted by molar-refractivity contribution is 6.05. The van der Waals surface area contributed by atoms with E-state index in [1.54, 1.807) is 41.3 Å². The predicted octanol–water partition coefficient (Wildman–Crippen LogP) is 2.23. The van der Waals surface area contributed by atoms with Crippen LogP contribution in [-0.2, 0) is 16.0 Å². The van der Waals surface area contributed by atoms with Gasteiger partial charge >= 0.3 is 0 Å². The van der Waals surface area contributed by atoms with Gasteiger partial charge < -0.3 is 20.3 Å². The van der Waals surface area contributed by atoms with Crippen molar-refractivity contribution in [1.29, 1.82) is 0 Å². The third kappa shape index (κ3) is 5.24. The van der Waals surface area contributed by atoms with Crippen LogP contribution in [0.4, 0.5) is 5.69 Å². The molecule has 0 atom stereocenters. The largest absolute Gasteiger partial charge is 0.378 e. The average Bonchev–Trinajstić information content (AvgIpc) is 3.59. The van der Waals surface area contributed by atoms with Crippen molar-refractivity contribution in [3.8, 4) is 0 Å². The summed E-state index contributed by atoms with van der Waals surface area (Å²) >= 11 is 0. The minimum absolute atomic E-state index is 0.0287. The van der Waals surface area contributed by atoms with Crippen LogP contribution in [-0.4, -0.2) is 55.0 Å². The first-order valence-corrected chi connectivity index (χ1v) is 10.3. The number of rotatable bonds is 6. The molecule has 1 heterocycles. The zero-order valence-electron chi connectivity index (χ0n) is 16.7. The Morgan fingerprint density at radius 3 is 2.17 bits per heavy atom. The van der Waals surface area contributed by atoms with E-state index in [9.17, 15) is 14.4 Å². The standard InChI is InChI=1S/C23H25N3O4/c27-21(24-19-9-10-19)15-16-1-7-20(8-2-16)25-22(28)17-3-5-18(6-4-17)23(29)26-11-13-30-14-12-26/h1-8,19H,9-15H2,(H,24,27)(H,25,28). The van der Waals surface area contributed by atoms with Crippen molar-refractivity contribution >= 4 is 23.4 Å². The Morgan fingerprint density at radius 1 is 0.900 bits per heavy atom. The van der Waals surface area contributed by atoms with Crippen LogP contribution in [0.1, 0.15) is 39.1 Å². The van der Waals surface area contributed by atoms with Crippen molar-refractivity contribution in [3.63, 3.8) is 0 Å². The SMILES string of the molecule is O=C(Cc1ccc(NC(=O)c2ccc(C(=O)N3CCOCC3)cc2)cc1)NC1CC1. The molecule has 7 nitrogen and oxygen atoms in total. The molecule has 7 heteroatoms. The molecule has 4 rings (SSSR count). The van der Waals surface area contributed by atoms with Crippen LogP contribution in [0, 0.1) is 0 Å². The highest BCUT2D eigenvalue weighted by Crippen LogP contribution is 2.19. The second-order valence-corrected chi connectivity index (χ2v) is 7.65. The molecule has 0 spiro atoms. The molecule has 1 saturated heterocycles. The third-order valence-corrected chi connectivity index (χ3v) is 5.21. The molecule has 2 fully saturated rings. The van der Waals surface area contributed by atoms with Gasteiger partial charge in [0.25, 0.3) is 11.8 Å². The van der Waals surface area contributed by atoms with Crippen LogP contribution in [0.15, 0.2) is 48.5 Å². The highest BCUT2D eigenvalue weighted by Gasteiger charge is 2.23. The van der Waals surface area contributed by atoms with Gasteiger partial charge in [-0.05, 0) is 54.8 Å². The van der Waals surface area contributed by atoms with Crippen LogP contribution in [0.5, 0.6) is 0 Å². The molecule has 0 radical (unpaired) electrons. The lowest BCUT2D eigenvalue weighted by Crippen LogP contribution is -2.40. The molecule has 30 heavy (non-hydrogen) atoms. The maximum atomic E-state index is 12.5. The summed E-state index contributed by atoms with van der Waals surface area (Å²) in [6.45, 7) is 2.27. The van der Waals surface area contributed by atoms with Gasteiger partial charge in [-0.25, -0.2) is 0 Å². The van der Waals surface area contributed by atoms with Gasteiger partial charge in [0, 0.05) is 35.9 Å². The second-order valence-electron chi connectivity index (χ2n) is 7.65. The topological polar surface area (TPSA) is 87.7 Å². The van der Waals surface area contributed by atoms with Crippen LogP contribution in [0.25, 0.3) is 0 Å². The van der Waals surface area contributed by atoms with Gasteiger partial charge in [0.05, 0.1) is 19.6 Å². The first-order chi connectivity index (χ1) is 14.6. The zero-order valence-corrected chi connectivity index (χ0v) is 16.7. The number of nitrogens with zero attached hydrogens (tertiary/aromatic N) is 1. The number of morpholine rings is 1. The smallest absolute Gasteiger partial charge is 0.255 e. The number of nitrogens with one attached hydrogen (secondary N) is 2. The van der Waals surface area contributed by atoms with Crippen LogP contribution in [0.3, 0.4) is 0 Å². The summed E-state index contributed by atoms with van der Waals surface area (Å²) in [5.41, 5.74) is 2.58. The Morgan fingerprint density at radius 2 is 1.53 bits per heavy atom. The number of benzene rings is 2. The molecule has 0 unspecified atom stereocenters. The molecule has 1 saturated carbocycles. The summed E-state index contributed by atoms with van der Waals surface area (Å²) in [6.07, 6.45) is 2.47. The van der Waals surface area contributed by atoms with Gasteiger partial charge in [0.15, 0.2) is 0 Å². The van der Waals surface area contributed by atoms with Gasteiger partial charge in [0.1, 0.15) is 0 Å². The number of amides is 3. The van der Waals surface area contributed by atoms with Gasteiger partial charge in [-0.1, -0.05) is 12.1 Å². The monoisotopic (exact) mass is 407 g/mol. The summed E-state index contributed by atoms with van der Waals surface area (Å²) in [6, 6.07) is 14.3. The van der Waals surface area contributed by atoms with E-state index in [2.05, 4.69) is 10.6 Å². The third-order valence-electron chi connectivity index (χ3n) is 5.21. The maximum Gasteiger partial charge on any atom is 0.255 e. The van der Waals surface area contributed by atoms with E-state index in [0.29, 0.717) is 55.6 Å². The average molecular weight is 407 g/mol. The van der Waals surface area contributed by atoms with Crippen LogP contribution >= 0.6 is 0 Å². The second kappa shape index (κ2) is 9.09. The van der Waals surface area contributed by atoms with E-state index in [1.807, 2.05) is 12.1 Å². The van der Waals surface area contributed by atoms with Gasteiger partial charge in [-0.2, -0.15) is 0 Å². The summed E-state index contributed by atoms with van der Waals surface area (Å²) in [4.78, 5) is 38.6. The Balaban J connectivity index is 1.31. The minimum atomic E-state index is -0.250. The van der Waals surface area contributed by atoms with Crippen molar-refractivity contribution < 1.29 is 19.1 Å². The van der Waals surface area contributed by atoms with Crippen molar-refractivity contribution in [2.75, 3.05) is 31.6 Å². The first-order valence-electron chi connectivity index (χ1n) is 10.3. The lowest BCUT2D eigenvalue weighted by molar-refractivity contribution is -0.120. The van der Waals surface area contributed by atoms with Gasteiger partial charge in [0.2, 0.25) is 5.91 Å². The van der Waals surface area contributed by atoms with Gasteiger partial charge in [-0.3, -0.25) is 14.4 Å². The van der Waals surface area contributed by atoms with Crippen LogP contribution in [0.2, 0.25) is 0 Å². The Kier molecular flexibility index (Phi) is 6.09. The number of ether oxygens (including phenoxy) is 1. The molecule has 2 aliphatic rings. The molecule has 1 aliphatic carbocycles. The fourth-order valence-corrected chi connectivity index (χ4v) is 3.31. The highest BCUT2D eigenvalue weighted by atomic mass is 16.5. The van der Waals surface area contributed by atoms with Crippen molar-refractivity contribution in [2.24, 2.45) is 0 Å². The fraction of sp³-hybridized carbons (Fsp3) is 0.348. The zero-order chi connectivity index (χ0) is 20.9. The van der Waals surface area contributed by atoms with Crippen LogP contribution < -0.4 is 10.6 Å². The summed E-state index contributed by atoms with van der Waals surface area (Å²) in [5, 5.41) is 5.80. The molecule has 156 valence electrons. The van der Waals surface area contributed by atoms with E-state index >= 15 is 0 Å². The molecule has 0 bridgehead atoms. The van der Waals surface area contributed by atoms with Crippen molar-refractivity contribution in [1.82, 2.24) is 10.2 Å². The van der Waals surface area contributed by atoms with Gasteiger partial charge in [-0.15, -0.1) is 0 Å². The van der Waals surface area contributed by atoms with E-state index in [-0.39, 0.29) is 17.7 Å². The Labute approximate surface area is 175 Å². The number of hydrogen-bond donors (Lipinski definition) is 2. The molecule has 1 aliphatic heterocycles. The van der Waals surface area contributed by atoms with E-state index in [4.69, 9.17) is 4.74 Å².